The molecule has 0 atom stereocenters. The molecule has 0 spiro atoms. The van der Waals surface area contributed by atoms with E-state index in [4.69, 9.17) is 0 Å². The largest absolute Gasteiger partial charge is 0.342 e. The standard InChI is InChI=1S/C18H17FN2.C15H15B/c1-2-13-8-14(10-16(19)9-13)11-18-20-12-17(21-18)15-6-4-3-5-7-15;1-2-13-16(14-9-5-3-6-10-14)15-11-7-4-8-12-15/h3-10,12H,2,11H2,1H3,(H,20,21);2-12H,1,13H2. The third kappa shape index (κ3) is 7.41. The maximum absolute atomic E-state index is 13.6. The lowest BCUT2D eigenvalue weighted by Crippen LogP contribution is -2.41. The monoisotopic (exact) mass is 486 g/mol. The molecule has 2 nitrogen and oxygen atoms in total. The minimum Gasteiger partial charge on any atom is -0.342 e. The molecule has 1 N–H and O–H groups in total. The lowest BCUT2D eigenvalue weighted by molar-refractivity contribution is 0.623. The van der Waals surface area contributed by atoms with Crippen LogP contribution in [-0.4, -0.2) is 16.7 Å². The van der Waals surface area contributed by atoms with Gasteiger partial charge < -0.3 is 4.98 Å². The van der Waals surface area contributed by atoms with Gasteiger partial charge in [-0.1, -0.05) is 121 Å². The highest BCUT2D eigenvalue weighted by molar-refractivity contribution is 6.85. The summed E-state index contributed by atoms with van der Waals surface area (Å²) in [4.78, 5) is 7.70. The Hall–Kier alpha value is -4.18. The van der Waals surface area contributed by atoms with Crippen molar-refractivity contribution in [3.63, 3.8) is 0 Å². The molecule has 0 aliphatic carbocycles. The Labute approximate surface area is 220 Å². The summed E-state index contributed by atoms with van der Waals surface area (Å²) in [6.45, 7) is 6.31. The molecular formula is C33H32BFN2. The molecule has 0 amide bonds. The summed E-state index contributed by atoms with van der Waals surface area (Å²) < 4.78 is 13.6. The molecule has 5 rings (SSSR count). The van der Waals surface area contributed by atoms with Gasteiger partial charge in [0, 0.05) is 6.42 Å². The van der Waals surface area contributed by atoms with Crippen molar-refractivity contribution in [1.82, 2.24) is 9.97 Å². The highest BCUT2D eigenvalue weighted by Gasteiger charge is 2.16. The number of rotatable bonds is 8. The molecule has 0 saturated heterocycles. The van der Waals surface area contributed by atoms with Crippen molar-refractivity contribution in [1.29, 1.82) is 0 Å². The number of hydrogen-bond donors (Lipinski definition) is 1. The molecule has 4 heteroatoms. The first-order valence-corrected chi connectivity index (χ1v) is 12.7. The van der Waals surface area contributed by atoms with Crippen LogP contribution in [0.5, 0.6) is 0 Å². The average molecular weight is 486 g/mol. The third-order valence-corrected chi connectivity index (χ3v) is 6.32. The Morgan fingerprint density at radius 1 is 0.811 bits per heavy atom. The first-order valence-electron chi connectivity index (χ1n) is 12.7. The number of benzene rings is 4. The van der Waals surface area contributed by atoms with E-state index in [2.05, 4.69) is 77.2 Å². The first kappa shape index (κ1) is 25.9. The lowest BCUT2D eigenvalue weighted by Gasteiger charge is -2.12. The van der Waals surface area contributed by atoms with Gasteiger partial charge in [-0.15, -0.1) is 6.58 Å². The fourth-order valence-corrected chi connectivity index (χ4v) is 4.44. The number of hydrogen-bond acceptors (Lipinski definition) is 1. The van der Waals surface area contributed by atoms with Crippen LogP contribution >= 0.6 is 0 Å². The van der Waals surface area contributed by atoms with E-state index >= 15 is 0 Å². The van der Waals surface area contributed by atoms with Gasteiger partial charge in [-0.25, -0.2) is 9.37 Å². The number of imidazole rings is 1. The predicted octanol–water partition coefficient (Wildman–Crippen LogP) is 6.85. The van der Waals surface area contributed by atoms with Gasteiger partial charge in [0.25, 0.3) is 0 Å². The zero-order valence-corrected chi connectivity index (χ0v) is 21.3. The zero-order chi connectivity index (χ0) is 25.9. The second-order valence-corrected chi connectivity index (χ2v) is 9.01. The predicted molar refractivity (Wildman–Crippen MR) is 156 cm³/mol. The van der Waals surface area contributed by atoms with E-state index in [0.29, 0.717) is 13.1 Å². The molecule has 4 aromatic carbocycles. The van der Waals surface area contributed by atoms with Crippen LogP contribution in [0.25, 0.3) is 11.3 Å². The molecule has 37 heavy (non-hydrogen) atoms. The highest BCUT2D eigenvalue weighted by atomic mass is 19.1. The Morgan fingerprint density at radius 2 is 1.38 bits per heavy atom. The molecule has 0 saturated carbocycles. The van der Waals surface area contributed by atoms with Crippen LogP contribution in [0.1, 0.15) is 23.9 Å². The second kappa shape index (κ2) is 13.2. The summed E-state index contributed by atoms with van der Waals surface area (Å²) in [6, 6.07) is 36.4. The smallest absolute Gasteiger partial charge is 0.213 e. The Bertz CT molecular complexity index is 1340. The number of halogens is 1. The lowest BCUT2D eigenvalue weighted by atomic mass is 9.39. The van der Waals surface area contributed by atoms with Gasteiger partial charge >= 0.3 is 0 Å². The second-order valence-electron chi connectivity index (χ2n) is 9.01. The van der Waals surface area contributed by atoms with Crippen LogP contribution in [0.4, 0.5) is 4.39 Å². The fourth-order valence-electron chi connectivity index (χ4n) is 4.44. The van der Waals surface area contributed by atoms with E-state index in [-0.39, 0.29) is 5.82 Å². The molecule has 5 aromatic rings. The van der Waals surface area contributed by atoms with E-state index < -0.39 is 0 Å². The molecule has 0 aliphatic heterocycles. The molecule has 0 unspecified atom stereocenters. The number of aryl methyl sites for hydroxylation is 1. The van der Waals surface area contributed by atoms with E-state index in [9.17, 15) is 4.39 Å². The van der Waals surface area contributed by atoms with Crippen molar-refractivity contribution in [2.24, 2.45) is 0 Å². The number of H-pyrrole nitrogens is 1. The van der Waals surface area contributed by atoms with Crippen LogP contribution in [0.3, 0.4) is 0 Å². The van der Waals surface area contributed by atoms with Gasteiger partial charge in [-0.2, -0.15) is 0 Å². The summed E-state index contributed by atoms with van der Waals surface area (Å²) in [5.74, 6) is 0.667. The molecule has 1 heterocycles. The van der Waals surface area contributed by atoms with Crippen molar-refractivity contribution < 1.29 is 4.39 Å². The van der Waals surface area contributed by atoms with Gasteiger partial charge in [-0.05, 0) is 41.6 Å². The maximum atomic E-state index is 13.6. The van der Waals surface area contributed by atoms with Crippen molar-refractivity contribution in [2.45, 2.75) is 26.1 Å². The van der Waals surface area contributed by atoms with Crippen molar-refractivity contribution in [3.05, 3.63) is 151 Å². The van der Waals surface area contributed by atoms with Crippen molar-refractivity contribution in [2.75, 3.05) is 0 Å². The van der Waals surface area contributed by atoms with Gasteiger partial charge in [0.2, 0.25) is 6.71 Å². The summed E-state index contributed by atoms with van der Waals surface area (Å²) in [5.41, 5.74) is 6.75. The average Bonchev–Trinajstić information content (AvgIpc) is 3.41. The van der Waals surface area contributed by atoms with E-state index in [1.54, 1.807) is 12.1 Å². The SMILES string of the molecule is C=CCB(c1ccccc1)c1ccccc1.CCc1cc(F)cc(Cc2ncc(-c3ccccc3)[nH]2)c1. The number of nitrogens with one attached hydrogen (secondary N) is 1. The number of nitrogens with zero attached hydrogens (tertiary/aromatic N) is 1. The number of aromatic amines is 1. The molecule has 184 valence electrons. The highest BCUT2D eigenvalue weighted by Crippen LogP contribution is 2.18. The summed E-state index contributed by atoms with van der Waals surface area (Å²) in [7, 11) is 0. The Balaban J connectivity index is 0.000000180. The van der Waals surface area contributed by atoms with Crippen LogP contribution in [0.2, 0.25) is 6.32 Å². The van der Waals surface area contributed by atoms with Gasteiger partial charge in [0.1, 0.15) is 11.6 Å². The minimum atomic E-state index is -0.181. The number of aromatic nitrogens is 2. The quantitative estimate of drug-likeness (QED) is 0.189. The fraction of sp³-hybridized carbons (Fsp3) is 0.121. The van der Waals surface area contributed by atoms with E-state index in [1.807, 2.05) is 55.6 Å². The van der Waals surface area contributed by atoms with Crippen LogP contribution in [-0.2, 0) is 12.8 Å². The topological polar surface area (TPSA) is 28.7 Å². The Morgan fingerprint density at radius 3 is 1.95 bits per heavy atom. The summed E-state index contributed by atoms with van der Waals surface area (Å²) in [6.07, 6.45) is 6.24. The van der Waals surface area contributed by atoms with Crippen LogP contribution < -0.4 is 10.9 Å². The van der Waals surface area contributed by atoms with Gasteiger partial charge in [-0.3, -0.25) is 0 Å². The Kier molecular flexibility index (Phi) is 9.26. The minimum absolute atomic E-state index is 0.181. The van der Waals surface area contributed by atoms with Crippen molar-refractivity contribution in [3.8, 4) is 11.3 Å². The van der Waals surface area contributed by atoms with E-state index in [0.717, 1.165) is 40.9 Å². The van der Waals surface area contributed by atoms with E-state index in [1.165, 1.54) is 10.9 Å². The molecule has 0 fully saturated rings. The molecule has 0 bridgehead atoms. The molecular weight excluding hydrogens is 454 g/mol. The normalized spacial score (nSPS) is 10.3. The van der Waals surface area contributed by atoms with Crippen LogP contribution in [0.15, 0.2) is 128 Å². The molecule has 0 aliphatic rings. The maximum Gasteiger partial charge on any atom is 0.213 e. The summed E-state index contributed by atoms with van der Waals surface area (Å²) >= 11 is 0. The summed E-state index contributed by atoms with van der Waals surface area (Å²) in [5, 5.41) is 0. The zero-order valence-electron chi connectivity index (χ0n) is 21.3. The molecule has 1 aromatic heterocycles. The first-order chi connectivity index (χ1) is 18.2. The number of allylic oxidation sites excluding steroid dienone is 1. The van der Waals surface area contributed by atoms with Gasteiger partial charge in [0.05, 0.1) is 11.9 Å². The third-order valence-electron chi connectivity index (χ3n) is 6.32. The molecule has 0 radical (unpaired) electrons. The van der Waals surface area contributed by atoms with Crippen molar-refractivity contribution >= 4 is 17.6 Å². The van der Waals surface area contributed by atoms with Crippen LogP contribution in [0, 0.1) is 5.82 Å². The van der Waals surface area contributed by atoms with Gasteiger partial charge in [0.15, 0.2) is 0 Å².